The van der Waals surface area contributed by atoms with Gasteiger partial charge in [-0.15, -0.1) is 0 Å². The highest BCUT2D eigenvalue weighted by Gasteiger charge is 2.34. The van der Waals surface area contributed by atoms with Gasteiger partial charge in [0.25, 0.3) is 5.91 Å². The van der Waals surface area contributed by atoms with Crippen LogP contribution in [0.25, 0.3) is 0 Å². The molecule has 1 aromatic carbocycles. The first-order chi connectivity index (χ1) is 7.89. The van der Waals surface area contributed by atoms with E-state index in [9.17, 15) is 9.90 Å². The van der Waals surface area contributed by atoms with Crippen LogP contribution < -0.4 is 0 Å². The molecule has 1 amide bonds. The number of hydrogen-bond acceptors (Lipinski definition) is 2. The molecule has 0 saturated carbocycles. The van der Waals surface area contributed by atoms with Crippen molar-refractivity contribution in [1.82, 2.24) is 4.90 Å². The van der Waals surface area contributed by atoms with E-state index in [1.807, 2.05) is 0 Å². The van der Waals surface area contributed by atoms with Crippen molar-refractivity contribution in [3.05, 3.63) is 33.8 Å². The maximum Gasteiger partial charge on any atom is 0.254 e. The van der Waals surface area contributed by atoms with E-state index in [-0.39, 0.29) is 5.91 Å². The van der Waals surface area contributed by atoms with E-state index < -0.39 is 5.60 Å². The Morgan fingerprint density at radius 1 is 1.41 bits per heavy atom. The summed E-state index contributed by atoms with van der Waals surface area (Å²) < 4.78 is 0. The molecule has 1 aliphatic heterocycles. The number of carbonyl (C=O) groups is 1. The fourth-order valence-corrected chi connectivity index (χ4v) is 2.23. The van der Waals surface area contributed by atoms with E-state index in [4.69, 9.17) is 23.2 Å². The van der Waals surface area contributed by atoms with Gasteiger partial charge in [-0.3, -0.25) is 4.79 Å². The predicted octanol–water partition coefficient (Wildman–Crippen LogP) is 2.59. The molecule has 92 valence electrons. The third kappa shape index (κ3) is 2.73. The molecule has 1 aromatic rings. The average Bonchev–Trinajstić information content (AvgIpc) is 2.62. The minimum Gasteiger partial charge on any atom is -0.388 e. The Kier molecular flexibility index (Phi) is 3.34. The molecule has 0 spiro atoms. The third-order valence-corrected chi connectivity index (χ3v) is 3.64. The second-order valence-electron chi connectivity index (χ2n) is 4.60. The number of likely N-dealkylation sites (tertiary alicyclic amines) is 1. The van der Waals surface area contributed by atoms with Crippen molar-refractivity contribution in [2.45, 2.75) is 18.9 Å². The van der Waals surface area contributed by atoms with Gasteiger partial charge in [-0.1, -0.05) is 23.2 Å². The van der Waals surface area contributed by atoms with Crippen LogP contribution in [0.1, 0.15) is 23.7 Å². The summed E-state index contributed by atoms with van der Waals surface area (Å²) in [4.78, 5) is 13.7. The summed E-state index contributed by atoms with van der Waals surface area (Å²) in [5.74, 6) is -0.124. The predicted molar refractivity (Wildman–Crippen MR) is 67.6 cm³/mol. The minimum absolute atomic E-state index is 0.124. The molecule has 1 heterocycles. The first kappa shape index (κ1) is 12.7. The molecule has 0 aromatic heterocycles. The van der Waals surface area contributed by atoms with Crippen LogP contribution >= 0.6 is 23.2 Å². The Labute approximate surface area is 110 Å². The summed E-state index contributed by atoms with van der Waals surface area (Å²) in [6, 6.07) is 4.80. The van der Waals surface area contributed by atoms with E-state index in [1.165, 1.54) is 0 Å². The van der Waals surface area contributed by atoms with E-state index in [0.717, 1.165) is 0 Å². The molecule has 1 atom stereocenters. The number of amides is 1. The van der Waals surface area contributed by atoms with Gasteiger partial charge in [0.05, 0.1) is 15.6 Å². The number of nitrogens with zero attached hydrogens (tertiary/aromatic N) is 1. The summed E-state index contributed by atoms with van der Waals surface area (Å²) in [7, 11) is 0. The van der Waals surface area contributed by atoms with E-state index >= 15 is 0 Å². The fourth-order valence-electron chi connectivity index (χ4n) is 1.93. The second-order valence-corrected chi connectivity index (χ2v) is 5.42. The zero-order chi connectivity index (χ0) is 12.6. The maximum absolute atomic E-state index is 12.1. The SMILES string of the molecule is CC1(O)CCN(C(=O)c2ccc(Cl)c(Cl)c2)C1. The number of aliphatic hydroxyl groups is 1. The Bertz CT molecular complexity index is 460. The lowest BCUT2D eigenvalue weighted by atomic mass is 10.1. The molecule has 1 unspecified atom stereocenters. The van der Waals surface area contributed by atoms with Crippen LogP contribution in [0.3, 0.4) is 0 Å². The van der Waals surface area contributed by atoms with Crippen LogP contribution in [0.4, 0.5) is 0 Å². The van der Waals surface area contributed by atoms with Crippen molar-refractivity contribution in [2.24, 2.45) is 0 Å². The quantitative estimate of drug-likeness (QED) is 0.855. The standard InChI is InChI=1S/C12H13Cl2NO2/c1-12(17)4-5-15(7-12)11(16)8-2-3-9(13)10(14)6-8/h2-3,6,17H,4-5,7H2,1H3. The molecule has 0 radical (unpaired) electrons. The summed E-state index contributed by atoms with van der Waals surface area (Å²) >= 11 is 11.7. The van der Waals surface area contributed by atoms with Gasteiger partial charge in [0, 0.05) is 18.7 Å². The zero-order valence-corrected chi connectivity index (χ0v) is 10.9. The lowest BCUT2D eigenvalue weighted by Gasteiger charge is -2.19. The topological polar surface area (TPSA) is 40.5 Å². The Morgan fingerprint density at radius 2 is 2.12 bits per heavy atom. The smallest absolute Gasteiger partial charge is 0.254 e. The Balaban J connectivity index is 2.18. The lowest BCUT2D eigenvalue weighted by molar-refractivity contribution is 0.0572. The molecule has 0 bridgehead atoms. The first-order valence-corrected chi connectivity index (χ1v) is 6.11. The van der Waals surface area contributed by atoms with Crippen molar-refractivity contribution in [3.8, 4) is 0 Å². The molecular formula is C12H13Cl2NO2. The minimum atomic E-state index is -0.786. The Hall–Kier alpha value is -0.770. The van der Waals surface area contributed by atoms with Gasteiger partial charge >= 0.3 is 0 Å². The number of benzene rings is 1. The largest absolute Gasteiger partial charge is 0.388 e. The molecule has 1 aliphatic rings. The van der Waals surface area contributed by atoms with E-state index in [1.54, 1.807) is 30.0 Å². The van der Waals surface area contributed by atoms with Gasteiger partial charge in [0.15, 0.2) is 0 Å². The molecule has 1 saturated heterocycles. The molecule has 5 heteroatoms. The molecular weight excluding hydrogens is 261 g/mol. The number of β-amino-alcohol motifs (C(OH)–C–C–N with tert-alkyl or cyclic N) is 1. The van der Waals surface area contributed by atoms with Crippen LogP contribution in [0.2, 0.25) is 10.0 Å². The molecule has 3 nitrogen and oxygen atoms in total. The lowest BCUT2D eigenvalue weighted by Crippen LogP contribution is -2.33. The molecule has 0 aliphatic carbocycles. The maximum atomic E-state index is 12.1. The average molecular weight is 274 g/mol. The summed E-state index contributed by atoms with van der Waals surface area (Å²) in [5.41, 5.74) is -0.289. The number of halogens is 2. The van der Waals surface area contributed by atoms with Crippen LogP contribution in [0, 0.1) is 0 Å². The second kappa shape index (κ2) is 4.48. The number of carbonyl (C=O) groups excluding carboxylic acids is 1. The van der Waals surface area contributed by atoms with E-state index in [2.05, 4.69) is 0 Å². The normalized spacial score (nSPS) is 24.1. The Morgan fingerprint density at radius 3 is 2.65 bits per heavy atom. The summed E-state index contributed by atoms with van der Waals surface area (Å²) in [6.07, 6.45) is 0.597. The highest BCUT2D eigenvalue weighted by Crippen LogP contribution is 2.26. The molecule has 1 N–H and O–H groups in total. The van der Waals surface area contributed by atoms with Crippen molar-refractivity contribution in [3.63, 3.8) is 0 Å². The van der Waals surface area contributed by atoms with Crippen LogP contribution in [-0.4, -0.2) is 34.6 Å². The van der Waals surface area contributed by atoms with Crippen LogP contribution in [0.15, 0.2) is 18.2 Å². The fraction of sp³-hybridized carbons (Fsp3) is 0.417. The first-order valence-electron chi connectivity index (χ1n) is 5.36. The van der Waals surface area contributed by atoms with Gasteiger partial charge in [0.2, 0.25) is 0 Å². The van der Waals surface area contributed by atoms with Crippen molar-refractivity contribution < 1.29 is 9.90 Å². The molecule has 2 rings (SSSR count). The van der Waals surface area contributed by atoms with Crippen LogP contribution in [-0.2, 0) is 0 Å². The number of rotatable bonds is 1. The summed E-state index contributed by atoms with van der Waals surface area (Å²) in [6.45, 7) is 2.65. The van der Waals surface area contributed by atoms with Gasteiger partial charge in [-0.2, -0.15) is 0 Å². The van der Waals surface area contributed by atoms with Crippen molar-refractivity contribution >= 4 is 29.1 Å². The third-order valence-electron chi connectivity index (χ3n) is 2.91. The van der Waals surface area contributed by atoms with Crippen molar-refractivity contribution in [1.29, 1.82) is 0 Å². The highest BCUT2D eigenvalue weighted by atomic mass is 35.5. The molecule has 1 fully saturated rings. The zero-order valence-electron chi connectivity index (χ0n) is 9.41. The van der Waals surface area contributed by atoms with Gasteiger partial charge < -0.3 is 10.0 Å². The van der Waals surface area contributed by atoms with Gasteiger partial charge in [-0.05, 0) is 31.5 Å². The summed E-state index contributed by atoms with van der Waals surface area (Å²) in [5, 5.41) is 10.6. The monoisotopic (exact) mass is 273 g/mol. The van der Waals surface area contributed by atoms with Gasteiger partial charge in [0.1, 0.15) is 0 Å². The van der Waals surface area contributed by atoms with Gasteiger partial charge in [-0.25, -0.2) is 0 Å². The molecule has 17 heavy (non-hydrogen) atoms. The van der Waals surface area contributed by atoms with E-state index in [0.29, 0.717) is 35.1 Å². The van der Waals surface area contributed by atoms with Crippen molar-refractivity contribution in [2.75, 3.05) is 13.1 Å². The highest BCUT2D eigenvalue weighted by molar-refractivity contribution is 6.42. The number of hydrogen-bond donors (Lipinski definition) is 1. The van der Waals surface area contributed by atoms with Crippen LogP contribution in [0.5, 0.6) is 0 Å².